The molecule has 5 saturated heterocycles. The van der Waals surface area contributed by atoms with Crippen LogP contribution in [0.2, 0.25) is 0 Å². The van der Waals surface area contributed by atoms with Crippen LogP contribution in [0.15, 0.2) is 22.5 Å². The van der Waals surface area contributed by atoms with E-state index in [9.17, 15) is 9.59 Å². The number of fused-ring (bicyclic) bond motifs is 7. The zero-order valence-corrected chi connectivity index (χ0v) is 15.9. The molecule has 0 radical (unpaired) electrons. The molecule has 0 saturated carbocycles. The molecule has 1 aliphatic carbocycles. The Labute approximate surface area is 162 Å². The number of hydrogen-bond acceptors (Lipinski definition) is 8. The highest BCUT2D eigenvalue weighted by Crippen LogP contribution is 2.54. The number of methoxy groups -OCH3 is 1. The normalized spacial score (nSPS) is 49.1. The quantitative estimate of drug-likeness (QED) is 0.586. The van der Waals surface area contributed by atoms with Gasteiger partial charge in [0.15, 0.2) is 11.5 Å². The van der Waals surface area contributed by atoms with Gasteiger partial charge in [-0.2, -0.15) is 0 Å². The third-order valence-electron chi connectivity index (χ3n) is 8.04. The van der Waals surface area contributed by atoms with Crippen LogP contribution in [-0.2, 0) is 23.8 Å². The van der Waals surface area contributed by atoms with E-state index >= 15 is 0 Å². The summed E-state index contributed by atoms with van der Waals surface area (Å²) >= 11 is 0. The van der Waals surface area contributed by atoms with Crippen LogP contribution < -0.4 is 5.32 Å². The fourth-order valence-corrected chi connectivity index (χ4v) is 7.16. The van der Waals surface area contributed by atoms with Crippen molar-refractivity contribution in [3.63, 3.8) is 0 Å². The van der Waals surface area contributed by atoms with Crippen LogP contribution in [0, 0.1) is 5.92 Å². The van der Waals surface area contributed by atoms with Gasteiger partial charge in [-0.1, -0.05) is 0 Å². The first-order chi connectivity index (χ1) is 13.6. The molecule has 1 N–H and O–H groups in total. The number of nitrogens with zero attached hydrogens (tertiary/aromatic N) is 2. The molecule has 7 rings (SSSR count). The minimum atomic E-state index is -0.165. The maximum Gasteiger partial charge on any atom is 0.226 e. The molecule has 5 fully saturated rings. The van der Waals surface area contributed by atoms with Crippen LogP contribution >= 0.6 is 0 Å². The van der Waals surface area contributed by atoms with Crippen LogP contribution in [0.1, 0.15) is 13.3 Å². The van der Waals surface area contributed by atoms with Crippen molar-refractivity contribution in [2.45, 2.75) is 56.0 Å². The lowest BCUT2D eigenvalue weighted by Gasteiger charge is -2.58. The van der Waals surface area contributed by atoms with Gasteiger partial charge in [-0.15, -0.1) is 0 Å². The number of ketones is 2. The van der Waals surface area contributed by atoms with Gasteiger partial charge in [-0.25, -0.2) is 0 Å². The molecule has 0 aromatic heterocycles. The van der Waals surface area contributed by atoms with E-state index in [4.69, 9.17) is 14.2 Å². The SMILES string of the molecule is COC1=C(C)C(=O)C2=C(C1=O)[C@@H]1CO[C@@H]3[C@@H]4C[C@H]5[C@@H](N4)[C@H]([C@@H]2N2CCO[C@H]52)N31. The number of allylic oxidation sites excluding steroid dienone is 2. The Bertz CT molecular complexity index is 896. The van der Waals surface area contributed by atoms with Gasteiger partial charge in [0, 0.05) is 47.3 Å². The Morgan fingerprint density at radius 3 is 2.82 bits per heavy atom. The van der Waals surface area contributed by atoms with Gasteiger partial charge in [0.05, 0.1) is 32.4 Å². The standard InChI is InChI=1S/C20H23N3O5/c1-7-16(24)12-11(17(25)18(7)26-2)10-6-28-20-9-5-8-13(21-9)15(23(10)20)14(12)22-3-4-27-19(8)22/h8-10,13-15,19-21H,3-6H2,1-2H3/t8-,9-,10-,13+,14+,15+,19+,20+/m0/s1. The minimum absolute atomic E-state index is 0.00471. The molecule has 0 amide bonds. The second-order valence-corrected chi connectivity index (χ2v) is 8.96. The predicted molar refractivity (Wildman–Crippen MR) is 95.0 cm³/mol. The molecule has 0 spiro atoms. The molecule has 2 bridgehead atoms. The average Bonchev–Trinajstić information content (AvgIpc) is 3.40. The van der Waals surface area contributed by atoms with Gasteiger partial charge >= 0.3 is 0 Å². The van der Waals surface area contributed by atoms with Crippen molar-refractivity contribution in [3.05, 3.63) is 22.5 Å². The van der Waals surface area contributed by atoms with E-state index in [-0.39, 0.29) is 60.0 Å². The smallest absolute Gasteiger partial charge is 0.226 e. The summed E-state index contributed by atoms with van der Waals surface area (Å²) in [6, 6.07) is 0.339. The van der Waals surface area contributed by atoms with E-state index in [0.29, 0.717) is 35.9 Å². The van der Waals surface area contributed by atoms with Crippen LogP contribution in [-0.4, -0.2) is 90.9 Å². The van der Waals surface area contributed by atoms with Crippen LogP contribution in [0.3, 0.4) is 0 Å². The number of piperazine rings is 1. The largest absolute Gasteiger partial charge is 0.492 e. The van der Waals surface area contributed by atoms with E-state index in [2.05, 4.69) is 15.1 Å². The topological polar surface area (TPSA) is 80.3 Å². The van der Waals surface area contributed by atoms with Gasteiger partial charge in [0.2, 0.25) is 5.78 Å². The third-order valence-corrected chi connectivity index (χ3v) is 8.04. The highest BCUT2D eigenvalue weighted by Gasteiger charge is 2.69. The average molecular weight is 385 g/mol. The zero-order chi connectivity index (χ0) is 18.9. The van der Waals surface area contributed by atoms with Crippen molar-refractivity contribution < 1.29 is 23.8 Å². The van der Waals surface area contributed by atoms with Crippen LogP contribution in [0.5, 0.6) is 0 Å². The molecule has 8 atom stereocenters. The second-order valence-electron chi connectivity index (χ2n) is 8.96. The van der Waals surface area contributed by atoms with Gasteiger partial charge < -0.3 is 19.5 Å². The van der Waals surface area contributed by atoms with Crippen molar-refractivity contribution in [2.75, 3.05) is 26.9 Å². The Morgan fingerprint density at radius 2 is 2.00 bits per heavy atom. The van der Waals surface area contributed by atoms with Crippen molar-refractivity contribution in [1.82, 2.24) is 15.1 Å². The number of hydrogen-bond donors (Lipinski definition) is 1. The number of Topliss-reactive ketones (excluding diaryl/α,β-unsaturated/α-hetero) is 2. The summed E-state index contributed by atoms with van der Waals surface area (Å²) in [5, 5.41) is 3.79. The number of carbonyl (C=O) groups excluding carboxylic acids is 2. The highest BCUT2D eigenvalue weighted by atomic mass is 16.5. The second kappa shape index (κ2) is 5.12. The molecule has 6 heterocycles. The minimum Gasteiger partial charge on any atom is -0.492 e. The van der Waals surface area contributed by atoms with Crippen LogP contribution in [0.4, 0.5) is 0 Å². The Morgan fingerprint density at radius 1 is 1.14 bits per heavy atom. The summed E-state index contributed by atoms with van der Waals surface area (Å²) in [6.07, 6.45) is 0.967. The van der Waals surface area contributed by atoms with Gasteiger partial charge in [0.25, 0.3) is 0 Å². The molecule has 8 heteroatoms. The summed E-state index contributed by atoms with van der Waals surface area (Å²) < 4.78 is 17.7. The van der Waals surface area contributed by atoms with Crippen molar-refractivity contribution >= 4 is 11.6 Å². The monoisotopic (exact) mass is 385 g/mol. The Balaban J connectivity index is 1.48. The van der Waals surface area contributed by atoms with Crippen molar-refractivity contribution in [3.8, 4) is 0 Å². The fraction of sp³-hybridized carbons (Fsp3) is 0.700. The van der Waals surface area contributed by atoms with E-state index in [1.807, 2.05) is 0 Å². The molecule has 28 heavy (non-hydrogen) atoms. The number of piperidine rings is 1. The number of ether oxygens (including phenoxy) is 3. The third kappa shape index (κ3) is 1.60. The molecular weight excluding hydrogens is 362 g/mol. The number of carbonyl (C=O) groups is 2. The summed E-state index contributed by atoms with van der Waals surface area (Å²) in [5.74, 6) is 0.383. The summed E-state index contributed by atoms with van der Waals surface area (Å²) in [5.41, 5.74) is 1.68. The molecular formula is C20H23N3O5. The Kier molecular flexibility index (Phi) is 2.97. The first-order valence-corrected chi connectivity index (χ1v) is 10.2. The lowest BCUT2D eigenvalue weighted by Crippen LogP contribution is -2.76. The van der Waals surface area contributed by atoms with E-state index in [1.165, 1.54) is 7.11 Å². The summed E-state index contributed by atoms with van der Waals surface area (Å²) in [7, 11) is 1.47. The number of rotatable bonds is 1. The highest BCUT2D eigenvalue weighted by molar-refractivity contribution is 6.25. The molecule has 7 aliphatic rings. The maximum atomic E-state index is 13.5. The predicted octanol–water partition coefficient (Wildman–Crippen LogP) is -0.835. The van der Waals surface area contributed by atoms with Gasteiger partial charge in [-0.3, -0.25) is 19.4 Å². The summed E-state index contributed by atoms with van der Waals surface area (Å²) in [6.45, 7) is 3.63. The maximum absolute atomic E-state index is 13.5. The zero-order valence-electron chi connectivity index (χ0n) is 15.9. The van der Waals surface area contributed by atoms with Crippen molar-refractivity contribution in [2.24, 2.45) is 5.92 Å². The van der Waals surface area contributed by atoms with E-state index in [1.54, 1.807) is 6.92 Å². The fourth-order valence-electron chi connectivity index (χ4n) is 7.16. The molecule has 0 aromatic rings. The van der Waals surface area contributed by atoms with E-state index < -0.39 is 0 Å². The molecule has 0 aromatic carbocycles. The molecule has 0 unspecified atom stereocenters. The van der Waals surface area contributed by atoms with Gasteiger partial charge in [0.1, 0.15) is 12.5 Å². The van der Waals surface area contributed by atoms with E-state index in [0.717, 1.165) is 13.0 Å². The first kappa shape index (κ1) is 16.2. The van der Waals surface area contributed by atoms with Gasteiger partial charge in [-0.05, 0) is 13.3 Å². The summed E-state index contributed by atoms with van der Waals surface area (Å²) in [4.78, 5) is 31.7. The lowest BCUT2D eigenvalue weighted by molar-refractivity contribution is -0.133. The molecule has 6 aliphatic heterocycles. The van der Waals surface area contributed by atoms with Crippen molar-refractivity contribution in [1.29, 1.82) is 0 Å². The first-order valence-electron chi connectivity index (χ1n) is 10.2. The number of nitrogens with one attached hydrogen (secondary N) is 1. The molecule has 148 valence electrons. The lowest BCUT2D eigenvalue weighted by atomic mass is 9.70. The molecule has 8 nitrogen and oxygen atoms in total. The Hall–Kier alpha value is -1.58. The van der Waals surface area contributed by atoms with Crippen LogP contribution in [0.25, 0.3) is 0 Å².